The van der Waals surface area contributed by atoms with Crippen LogP contribution in [0.4, 0.5) is 0 Å². The summed E-state index contributed by atoms with van der Waals surface area (Å²) < 4.78 is 0. The fourth-order valence-corrected chi connectivity index (χ4v) is 1.87. The predicted molar refractivity (Wildman–Crippen MR) is 72.0 cm³/mol. The largest absolute Gasteiger partial charge is 0.378 e. The van der Waals surface area contributed by atoms with E-state index in [2.05, 4.69) is 11.6 Å². The summed E-state index contributed by atoms with van der Waals surface area (Å²) in [7, 11) is 3.67. The summed E-state index contributed by atoms with van der Waals surface area (Å²) >= 11 is 0. The molecule has 0 amide bonds. The van der Waals surface area contributed by atoms with Gasteiger partial charge in [-0.3, -0.25) is 4.79 Å². The molecule has 2 aromatic rings. The van der Waals surface area contributed by atoms with Gasteiger partial charge in [-0.05, 0) is 6.07 Å². The van der Waals surface area contributed by atoms with Crippen molar-refractivity contribution in [2.45, 2.75) is 0 Å². The van der Waals surface area contributed by atoms with Crippen molar-refractivity contribution in [1.82, 2.24) is 9.88 Å². The Hall–Kier alpha value is -2.54. The molecule has 1 aromatic carbocycles. The van der Waals surface area contributed by atoms with E-state index in [1.807, 2.05) is 44.4 Å². The van der Waals surface area contributed by atoms with Crippen LogP contribution in [-0.4, -0.2) is 24.0 Å². The molecule has 0 unspecified atom stereocenters. The number of H-pyrrole nitrogens is 1. The number of rotatable bonds is 2. The van der Waals surface area contributed by atoms with Gasteiger partial charge in [-0.2, -0.15) is 5.26 Å². The Balaban J connectivity index is 2.95. The fraction of sp³-hybridized carbons (Fsp3) is 0.143. The van der Waals surface area contributed by atoms with E-state index < -0.39 is 0 Å². The molecule has 1 heterocycles. The molecule has 0 saturated heterocycles. The second-order valence-electron chi connectivity index (χ2n) is 4.20. The molecule has 0 bridgehead atoms. The summed E-state index contributed by atoms with van der Waals surface area (Å²) in [6.45, 7) is 3.95. The molecule has 0 saturated carbocycles. The van der Waals surface area contributed by atoms with Gasteiger partial charge < -0.3 is 9.88 Å². The third-order valence-electron chi connectivity index (χ3n) is 2.86. The molecule has 0 aliphatic heterocycles. The van der Waals surface area contributed by atoms with Crippen molar-refractivity contribution >= 4 is 16.6 Å². The lowest BCUT2D eigenvalue weighted by atomic mass is 10.0. The maximum absolute atomic E-state index is 11.9. The summed E-state index contributed by atoms with van der Waals surface area (Å²) in [5, 5.41) is 9.99. The number of aromatic nitrogens is 1. The van der Waals surface area contributed by atoms with Crippen LogP contribution in [0.25, 0.3) is 16.6 Å². The second kappa shape index (κ2) is 4.38. The number of benzene rings is 1. The minimum Gasteiger partial charge on any atom is -0.378 e. The van der Waals surface area contributed by atoms with Gasteiger partial charge in [0.1, 0.15) is 11.6 Å². The van der Waals surface area contributed by atoms with Gasteiger partial charge in [-0.15, -0.1) is 0 Å². The molecule has 0 aliphatic rings. The number of fused-ring (bicyclic) bond motifs is 1. The van der Waals surface area contributed by atoms with E-state index in [0.29, 0.717) is 16.8 Å². The van der Waals surface area contributed by atoms with E-state index in [1.54, 1.807) is 4.90 Å². The summed E-state index contributed by atoms with van der Waals surface area (Å²) in [6.07, 6.45) is 0. The SMILES string of the molecule is C=C(c1c(C#N)c(=O)[nH]c2ccccc12)N(C)C. The van der Waals surface area contributed by atoms with Crippen LogP contribution in [0.15, 0.2) is 35.6 Å². The average Bonchev–Trinajstić information content (AvgIpc) is 2.36. The van der Waals surface area contributed by atoms with Crippen molar-refractivity contribution in [3.8, 4) is 6.07 Å². The van der Waals surface area contributed by atoms with Gasteiger partial charge in [-0.25, -0.2) is 0 Å². The number of para-hydroxylation sites is 1. The zero-order valence-electron chi connectivity index (χ0n) is 10.3. The molecule has 90 valence electrons. The molecular weight excluding hydrogens is 226 g/mol. The molecule has 4 heteroatoms. The minimum absolute atomic E-state index is 0.104. The highest BCUT2D eigenvalue weighted by molar-refractivity contribution is 5.92. The molecule has 1 N–H and O–H groups in total. The van der Waals surface area contributed by atoms with Crippen LogP contribution in [0.2, 0.25) is 0 Å². The van der Waals surface area contributed by atoms with Gasteiger partial charge in [-0.1, -0.05) is 24.8 Å². The van der Waals surface area contributed by atoms with E-state index >= 15 is 0 Å². The van der Waals surface area contributed by atoms with Gasteiger partial charge in [0, 0.05) is 36.3 Å². The third kappa shape index (κ3) is 1.76. The second-order valence-corrected chi connectivity index (χ2v) is 4.20. The number of aromatic amines is 1. The summed E-state index contributed by atoms with van der Waals surface area (Å²) in [5.74, 6) is 0. The molecular formula is C14H13N3O. The van der Waals surface area contributed by atoms with E-state index in [1.165, 1.54) is 0 Å². The molecule has 0 aliphatic carbocycles. The van der Waals surface area contributed by atoms with Crippen LogP contribution in [0.3, 0.4) is 0 Å². The standard InChI is InChI=1S/C14H13N3O/c1-9(17(2)3)13-10-6-4-5-7-12(10)16-14(18)11(13)8-15/h4-7H,1H2,2-3H3,(H,16,18). The van der Waals surface area contributed by atoms with Crippen molar-refractivity contribution < 1.29 is 0 Å². The Bertz CT molecular complexity index is 720. The van der Waals surface area contributed by atoms with E-state index in [0.717, 1.165) is 5.39 Å². The van der Waals surface area contributed by atoms with Gasteiger partial charge in [0.05, 0.1) is 0 Å². The number of nitriles is 1. The number of pyridine rings is 1. The molecule has 0 spiro atoms. The van der Waals surface area contributed by atoms with Crippen molar-refractivity contribution in [3.05, 3.63) is 52.3 Å². The van der Waals surface area contributed by atoms with Crippen LogP contribution in [0.1, 0.15) is 11.1 Å². The number of nitrogens with one attached hydrogen (secondary N) is 1. The average molecular weight is 239 g/mol. The lowest BCUT2D eigenvalue weighted by Crippen LogP contribution is -2.17. The molecule has 0 atom stereocenters. The van der Waals surface area contributed by atoms with Crippen LogP contribution in [-0.2, 0) is 0 Å². The van der Waals surface area contributed by atoms with Crippen molar-refractivity contribution in [1.29, 1.82) is 5.26 Å². The smallest absolute Gasteiger partial charge is 0.267 e. The first kappa shape index (κ1) is 11.9. The summed E-state index contributed by atoms with van der Waals surface area (Å²) in [5.41, 5.74) is 1.68. The normalized spacial score (nSPS) is 10.1. The Morgan fingerprint density at radius 2 is 2.06 bits per heavy atom. The van der Waals surface area contributed by atoms with Crippen LogP contribution in [0.5, 0.6) is 0 Å². The third-order valence-corrected chi connectivity index (χ3v) is 2.86. The maximum atomic E-state index is 11.9. The highest BCUT2D eigenvalue weighted by atomic mass is 16.1. The van der Waals surface area contributed by atoms with Gasteiger partial charge in [0.25, 0.3) is 5.56 Å². The van der Waals surface area contributed by atoms with Crippen LogP contribution in [0, 0.1) is 11.3 Å². The predicted octanol–water partition coefficient (Wildman–Crippen LogP) is 1.93. The van der Waals surface area contributed by atoms with E-state index in [9.17, 15) is 4.79 Å². The van der Waals surface area contributed by atoms with Crippen molar-refractivity contribution in [2.24, 2.45) is 0 Å². The highest BCUT2D eigenvalue weighted by Gasteiger charge is 2.15. The molecule has 0 fully saturated rings. The monoisotopic (exact) mass is 239 g/mol. The Morgan fingerprint density at radius 3 is 2.67 bits per heavy atom. The Labute approximate surface area is 105 Å². The van der Waals surface area contributed by atoms with Crippen LogP contribution < -0.4 is 5.56 Å². The first-order valence-corrected chi connectivity index (χ1v) is 5.48. The number of nitrogens with zero attached hydrogens (tertiary/aromatic N) is 2. The van der Waals surface area contributed by atoms with Gasteiger partial charge >= 0.3 is 0 Å². The molecule has 1 aromatic heterocycles. The van der Waals surface area contributed by atoms with Gasteiger partial charge in [0.15, 0.2) is 0 Å². The Kier molecular flexibility index (Phi) is 2.90. The van der Waals surface area contributed by atoms with Gasteiger partial charge in [0.2, 0.25) is 0 Å². The summed E-state index contributed by atoms with van der Waals surface area (Å²) in [4.78, 5) is 16.4. The van der Waals surface area contributed by atoms with Crippen LogP contribution >= 0.6 is 0 Å². The molecule has 2 rings (SSSR count). The van der Waals surface area contributed by atoms with E-state index in [4.69, 9.17) is 5.26 Å². The molecule has 18 heavy (non-hydrogen) atoms. The number of hydrogen-bond acceptors (Lipinski definition) is 3. The first-order valence-electron chi connectivity index (χ1n) is 5.48. The zero-order valence-corrected chi connectivity index (χ0v) is 10.3. The fourth-order valence-electron chi connectivity index (χ4n) is 1.87. The first-order chi connectivity index (χ1) is 8.56. The Morgan fingerprint density at radius 1 is 1.39 bits per heavy atom. The van der Waals surface area contributed by atoms with Crippen molar-refractivity contribution in [3.63, 3.8) is 0 Å². The lowest BCUT2D eigenvalue weighted by Gasteiger charge is -2.18. The highest BCUT2D eigenvalue weighted by Crippen LogP contribution is 2.25. The maximum Gasteiger partial charge on any atom is 0.267 e. The molecule has 0 radical (unpaired) electrons. The molecule has 4 nitrogen and oxygen atoms in total. The number of hydrogen-bond donors (Lipinski definition) is 1. The van der Waals surface area contributed by atoms with E-state index in [-0.39, 0.29) is 11.1 Å². The lowest BCUT2D eigenvalue weighted by molar-refractivity contribution is 0.594. The zero-order chi connectivity index (χ0) is 13.3. The minimum atomic E-state index is -0.380. The topological polar surface area (TPSA) is 59.9 Å². The summed E-state index contributed by atoms with van der Waals surface area (Å²) in [6, 6.07) is 9.35. The van der Waals surface area contributed by atoms with Crippen molar-refractivity contribution in [2.75, 3.05) is 14.1 Å². The quantitative estimate of drug-likeness (QED) is 0.871.